The first-order chi connectivity index (χ1) is 8.96. The van der Waals surface area contributed by atoms with Gasteiger partial charge in [0.1, 0.15) is 0 Å². The van der Waals surface area contributed by atoms with Gasteiger partial charge in [0.05, 0.1) is 18.3 Å². The van der Waals surface area contributed by atoms with Crippen molar-refractivity contribution in [1.82, 2.24) is 5.32 Å². The first kappa shape index (κ1) is 14.0. The zero-order chi connectivity index (χ0) is 13.9. The molecule has 104 valence electrons. The van der Waals surface area contributed by atoms with E-state index in [9.17, 15) is 4.79 Å². The Morgan fingerprint density at radius 1 is 1.42 bits per heavy atom. The Bertz CT molecular complexity index is 441. The molecule has 19 heavy (non-hydrogen) atoms. The van der Waals surface area contributed by atoms with E-state index in [1.54, 1.807) is 12.1 Å². The lowest BCUT2D eigenvalue weighted by molar-refractivity contribution is -0.137. The van der Waals surface area contributed by atoms with Gasteiger partial charge in [0, 0.05) is 13.1 Å². The van der Waals surface area contributed by atoms with Crippen molar-refractivity contribution in [2.45, 2.75) is 32.3 Å². The summed E-state index contributed by atoms with van der Waals surface area (Å²) < 4.78 is 11.1. The van der Waals surface area contributed by atoms with Gasteiger partial charge in [-0.3, -0.25) is 0 Å². The number of benzene rings is 1. The maximum atomic E-state index is 10.7. The second-order valence-electron chi connectivity index (χ2n) is 5.08. The Labute approximate surface area is 112 Å². The molecule has 5 nitrogen and oxygen atoms in total. The second kappa shape index (κ2) is 5.69. The fraction of sp³-hybridized carbons (Fsp3) is 0.500. The molecule has 1 aromatic carbocycles. The van der Waals surface area contributed by atoms with Crippen molar-refractivity contribution >= 4 is 5.97 Å². The summed E-state index contributed by atoms with van der Waals surface area (Å²) >= 11 is 0. The third kappa shape index (κ3) is 4.02. The molecule has 1 fully saturated rings. The summed E-state index contributed by atoms with van der Waals surface area (Å²) in [5, 5.41) is 12.1. The molecule has 0 amide bonds. The molecule has 1 aliphatic heterocycles. The van der Waals surface area contributed by atoms with Crippen LogP contribution in [0.5, 0.6) is 0 Å². The highest BCUT2D eigenvalue weighted by atomic mass is 16.7. The van der Waals surface area contributed by atoms with Gasteiger partial charge in [0.2, 0.25) is 0 Å². The van der Waals surface area contributed by atoms with E-state index < -0.39 is 11.8 Å². The van der Waals surface area contributed by atoms with E-state index in [2.05, 4.69) is 5.32 Å². The van der Waals surface area contributed by atoms with Crippen LogP contribution in [0.4, 0.5) is 0 Å². The van der Waals surface area contributed by atoms with E-state index in [4.69, 9.17) is 14.6 Å². The van der Waals surface area contributed by atoms with Crippen molar-refractivity contribution in [3.8, 4) is 0 Å². The van der Waals surface area contributed by atoms with Crippen LogP contribution >= 0.6 is 0 Å². The van der Waals surface area contributed by atoms with Crippen LogP contribution < -0.4 is 5.32 Å². The van der Waals surface area contributed by atoms with E-state index >= 15 is 0 Å². The standard InChI is InChI=1S/C14H19NO4/c1-14(2)18-9-12(19-14)8-15-7-10-3-5-11(6-4-10)13(16)17/h3-6,12,15H,7-9H2,1-2H3,(H,16,17). The number of nitrogens with one attached hydrogen (secondary N) is 1. The average molecular weight is 265 g/mol. The van der Waals surface area contributed by atoms with Crippen LogP contribution in [0.15, 0.2) is 24.3 Å². The van der Waals surface area contributed by atoms with Crippen LogP contribution in [0.1, 0.15) is 29.8 Å². The minimum absolute atomic E-state index is 0.0632. The van der Waals surface area contributed by atoms with Gasteiger partial charge in [-0.25, -0.2) is 4.79 Å². The minimum atomic E-state index is -0.904. The predicted octanol–water partition coefficient (Wildman–Crippen LogP) is 1.63. The number of carboxylic acids is 1. The van der Waals surface area contributed by atoms with Crippen molar-refractivity contribution in [1.29, 1.82) is 0 Å². The Kier molecular flexibility index (Phi) is 4.19. The third-order valence-electron chi connectivity index (χ3n) is 2.97. The average Bonchev–Trinajstić information content (AvgIpc) is 2.69. The summed E-state index contributed by atoms with van der Waals surface area (Å²) in [6.07, 6.45) is 0.0632. The molecule has 1 aliphatic rings. The summed E-state index contributed by atoms with van der Waals surface area (Å²) in [4.78, 5) is 10.7. The number of rotatable bonds is 5. The third-order valence-corrected chi connectivity index (χ3v) is 2.97. The van der Waals surface area contributed by atoms with Crippen LogP contribution in [0, 0.1) is 0 Å². The number of hydrogen-bond donors (Lipinski definition) is 2. The zero-order valence-electron chi connectivity index (χ0n) is 11.2. The van der Waals surface area contributed by atoms with Crippen LogP contribution in [-0.2, 0) is 16.0 Å². The summed E-state index contributed by atoms with van der Waals surface area (Å²) in [5.41, 5.74) is 1.35. The fourth-order valence-corrected chi connectivity index (χ4v) is 2.01. The van der Waals surface area contributed by atoms with Crippen molar-refractivity contribution in [2.24, 2.45) is 0 Å². The quantitative estimate of drug-likeness (QED) is 0.847. The maximum absolute atomic E-state index is 10.7. The van der Waals surface area contributed by atoms with Gasteiger partial charge in [0.25, 0.3) is 0 Å². The lowest BCUT2D eigenvalue weighted by atomic mass is 10.1. The Hall–Kier alpha value is -1.43. The Morgan fingerprint density at radius 2 is 2.11 bits per heavy atom. The first-order valence-electron chi connectivity index (χ1n) is 6.31. The van der Waals surface area contributed by atoms with Crippen molar-refractivity contribution in [3.05, 3.63) is 35.4 Å². The number of hydrogen-bond acceptors (Lipinski definition) is 4. The summed E-state index contributed by atoms with van der Waals surface area (Å²) in [5.74, 6) is -1.39. The van der Waals surface area contributed by atoms with E-state index in [0.717, 1.165) is 5.56 Å². The first-order valence-corrected chi connectivity index (χ1v) is 6.31. The summed E-state index contributed by atoms with van der Waals surface area (Å²) in [7, 11) is 0. The molecule has 5 heteroatoms. The van der Waals surface area contributed by atoms with Crippen molar-refractivity contribution in [3.63, 3.8) is 0 Å². The Balaban J connectivity index is 1.75. The lowest BCUT2D eigenvalue weighted by Crippen LogP contribution is -2.30. The summed E-state index contributed by atoms with van der Waals surface area (Å²) in [6.45, 7) is 5.79. The van der Waals surface area contributed by atoms with Crippen LogP contribution in [-0.4, -0.2) is 36.1 Å². The molecule has 2 rings (SSSR count). The molecular weight excluding hydrogens is 246 g/mol. The fourth-order valence-electron chi connectivity index (χ4n) is 2.01. The van der Waals surface area contributed by atoms with Crippen LogP contribution in [0.3, 0.4) is 0 Å². The molecule has 1 aromatic rings. The molecule has 0 saturated carbocycles. The number of aromatic carboxylic acids is 1. The van der Waals surface area contributed by atoms with Gasteiger partial charge >= 0.3 is 5.97 Å². The van der Waals surface area contributed by atoms with Gasteiger partial charge in [-0.1, -0.05) is 12.1 Å². The van der Waals surface area contributed by atoms with Crippen LogP contribution in [0.2, 0.25) is 0 Å². The highest BCUT2D eigenvalue weighted by molar-refractivity contribution is 5.87. The van der Waals surface area contributed by atoms with E-state index in [0.29, 0.717) is 25.3 Å². The highest BCUT2D eigenvalue weighted by Crippen LogP contribution is 2.21. The molecule has 2 N–H and O–H groups in total. The van der Waals surface area contributed by atoms with Gasteiger partial charge in [0.15, 0.2) is 5.79 Å². The molecule has 0 aromatic heterocycles. The van der Waals surface area contributed by atoms with Crippen molar-refractivity contribution in [2.75, 3.05) is 13.2 Å². The smallest absolute Gasteiger partial charge is 0.335 e. The molecule has 0 spiro atoms. The molecule has 0 radical (unpaired) electrons. The number of ether oxygens (including phenoxy) is 2. The zero-order valence-corrected chi connectivity index (χ0v) is 11.2. The van der Waals surface area contributed by atoms with Crippen LogP contribution in [0.25, 0.3) is 0 Å². The topological polar surface area (TPSA) is 67.8 Å². The van der Waals surface area contributed by atoms with E-state index in [-0.39, 0.29) is 6.10 Å². The highest BCUT2D eigenvalue weighted by Gasteiger charge is 2.32. The molecule has 1 atom stereocenters. The monoisotopic (exact) mass is 265 g/mol. The van der Waals surface area contributed by atoms with Gasteiger partial charge in [-0.2, -0.15) is 0 Å². The predicted molar refractivity (Wildman–Crippen MR) is 70.0 cm³/mol. The molecule has 1 heterocycles. The van der Waals surface area contributed by atoms with E-state index in [1.165, 1.54) is 0 Å². The summed E-state index contributed by atoms with van der Waals surface area (Å²) in [6, 6.07) is 6.84. The molecule has 1 saturated heterocycles. The number of carbonyl (C=O) groups is 1. The molecule has 1 unspecified atom stereocenters. The Morgan fingerprint density at radius 3 is 2.63 bits per heavy atom. The maximum Gasteiger partial charge on any atom is 0.335 e. The van der Waals surface area contributed by atoms with Gasteiger partial charge in [-0.05, 0) is 31.5 Å². The SMILES string of the molecule is CC1(C)OCC(CNCc2ccc(C(=O)O)cc2)O1. The van der Waals surface area contributed by atoms with Gasteiger partial charge < -0.3 is 19.9 Å². The molecule has 0 bridgehead atoms. The van der Waals surface area contributed by atoms with Crippen molar-refractivity contribution < 1.29 is 19.4 Å². The minimum Gasteiger partial charge on any atom is -0.478 e. The normalized spacial score (nSPS) is 21.5. The van der Waals surface area contributed by atoms with E-state index in [1.807, 2.05) is 26.0 Å². The molecular formula is C14H19NO4. The number of carboxylic acid groups (broad SMARTS) is 1. The molecule has 0 aliphatic carbocycles. The lowest BCUT2D eigenvalue weighted by Gasteiger charge is -2.17. The largest absolute Gasteiger partial charge is 0.478 e. The van der Waals surface area contributed by atoms with Gasteiger partial charge in [-0.15, -0.1) is 0 Å². The second-order valence-corrected chi connectivity index (χ2v) is 5.08.